The molecule has 0 saturated heterocycles. The fourth-order valence-electron chi connectivity index (χ4n) is 2.80. The van der Waals surface area contributed by atoms with Crippen LogP contribution in [0, 0.1) is 0 Å². The number of hydrogen-bond donors (Lipinski definition) is 0. The highest BCUT2D eigenvalue weighted by molar-refractivity contribution is 5.39. The first kappa shape index (κ1) is 13.2. The van der Waals surface area contributed by atoms with Gasteiger partial charge in [-0.1, -0.05) is 48.5 Å². The smallest absolute Gasteiger partial charge is 0.334 e. The number of fused-ring (bicyclic) bond motifs is 1. The van der Waals surface area contributed by atoms with Gasteiger partial charge in [-0.2, -0.15) is 0 Å². The summed E-state index contributed by atoms with van der Waals surface area (Å²) in [6.45, 7) is 0. The summed E-state index contributed by atoms with van der Waals surface area (Å²) in [4.78, 5) is 0. The standard InChI is InChI=1S/C17H18O3/c1-18-17(19-2)15(13-8-4-3-5-9-13)12-14-10-6-7-11-16(14)20-17/h3-11,15H,12H2,1-2H3. The maximum absolute atomic E-state index is 6.04. The minimum Gasteiger partial charge on any atom is -0.438 e. The Bertz CT molecular complexity index is 576. The van der Waals surface area contributed by atoms with Gasteiger partial charge >= 0.3 is 5.97 Å². The van der Waals surface area contributed by atoms with Gasteiger partial charge in [-0.3, -0.25) is 0 Å². The van der Waals surface area contributed by atoms with E-state index in [-0.39, 0.29) is 5.92 Å². The van der Waals surface area contributed by atoms with E-state index in [1.165, 1.54) is 5.56 Å². The lowest BCUT2D eigenvalue weighted by Crippen LogP contribution is -2.49. The Kier molecular flexibility index (Phi) is 3.47. The third kappa shape index (κ3) is 2.09. The van der Waals surface area contributed by atoms with E-state index >= 15 is 0 Å². The first-order valence-electron chi connectivity index (χ1n) is 6.71. The molecule has 0 aromatic heterocycles. The van der Waals surface area contributed by atoms with Crippen LogP contribution in [-0.4, -0.2) is 20.2 Å². The number of methoxy groups -OCH3 is 2. The van der Waals surface area contributed by atoms with E-state index in [0.717, 1.165) is 17.7 Å². The van der Waals surface area contributed by atoms with Crippen LogP contribution in [0.15, 0.2) is 54.6 Å². The normalized spacial score (nSPS) is 20.0. The van der Waals surface area contributed by atoms with E-state index in [1.807, 2.05) is 36.4 Å². The van der Waals surface area contributed by atoms with Crippen LogP contribution in [0.4, 0.5) is 0 Å². The van der Waals surface area contributed by atoms with Gasteiger partial charge in [0.2, 0.25) is 0 Å². The summed E-state index contributed by atoms with van der Waals surface area (Å²) in [6, 6.07) is 18.2. The molecule has 0 bridgehead atoms. The van der Waals surface area contributed by atoms with Gasteiger partial charge in [0, 0.05) is 14.2 Å². The molecule has 1 aliphatic heterocycles. The van der Waals surface area contributed by atoms with E-state index in [1.54, 1.807) is 14.2 Å². The van der Waals surface area contributed by atoms with E-state index < -0.39 is 5.97 Å². The average molecular weight is 270 g/mol. The van der Waals surface area contributed by atoms with Gasteiger partial charge in [-0.15, -0.1) is 0 Å². The second-order valence-corrected chi connectivity index (χ2v) is 4.89. The monoisotopic (exact) mass is 270 g/mol. The lowest BCUT2D eigenvalue weighted by atomic mass is 9.87. The van der Waals surface area contributed by atoms with Gasteiger partial charge in [-0.25, -0.2) is 0 Å². The van der Waals surface area contributed by atoms with Crippen molar-refractivity contribution in [2.24, 2.45) is 0 Å². The van der Waals surface area contributed by atoms with Gasteiger partial charge < -0.3 is 14.2 Å². The van der Waals surface area contributed by atoms with E-state index in [4.69, 9.17) is 14.2 Å². The summed E-state index contributed by atoms with van der Waals surface area (Å²) in [5.41, 5.74) is 2.32. The van der Waals surface area contributed by atoms with Crippen LogP contribution in [0.1, 0.15) is 17.0 Å². The molecule has 104 valence electrons. The third-order valence-electron chi connectivity index (χ3n) is 3.85. The Labute approximate surface area is 119 Å². The first-order chi connectivity index (χ1) is 9.79. The highest BCUT2D eigenvalue weighted by Gasteiger charge is 2.47. The van der Waals surface area contributed by atoms with Crippen molar-refractivity contribution < 1.29 is 14.2 Å². The Morgan fingerprint density at radius 3 is 2.30 bits per heavy atom. The Hall–Kier alpha value is -1.84. The molecule has 1 atom stereocenters. The lowest BCUT2D eigenvalue weighted by molar-refractivity contribution is -0.339. The Morgan fingerprint density at radius 2 is 1.60 bits per heavy atom. The second kappa shape index (κ2) is 5.27. The van der Waals surface area contributed by atoms with Crippen LogP contribution in [0.2, 0.25) is 0 Å². The minimum atomic E-state index is -1.07. The van der Waals surface area contributed by atoms with Crippen molar-refractivity contribution in [3.8, 4) is 5.75 Å². The third-order valence-corrected chi connectivity index (χ3v) is 3.85. The molecular weight excluding hydrogens is 252 g/mol. The highest BCUT2D eigenvalue weighted by atomic mass is 16.9. The second-order valence-electron chi connectivity index (χ2n) is 4.89. The quantitative estimate of drug-likeness (QED) is 0.800. The zero-order chi connectivity index (χ0) is 14.0. The number of ether oxygens (including phenoxy) is 3. The van der Waals surface area contributed by atoms with Gasteiger partial charge in [0.25, 0.3) is 0 Å². The van der Waals surface area contributed by atoms with Crippen LogP contribution in [0.3, 0.4) is 0 Å². The molecule has 20 heavy (non-hydrogen) atoms. The molecule has 3 rings (SSSR count). The molecule has 0 spiro atoms. The van der Waals surface area contributed by atoms with Crippen molar-refractivity contribution in [2.45, 2.75) is 18.3 Å². The van der Waals surface area contributed by atoms with Gasteiger partial charge in [0.1, 0.15) is 5.75 Å². The molecular formula is C17H18O3. The number of rotatable bonds is 3. The Balaban J connectivity index is 2.07. The molecule has 2 aromatic carbocycles. The van der Waals surface area contributed by atoms with E-state index in [2.05, 4.69) is 18.2 Å². The Morgan fingerprint density at radius 1 is 0.950 bits per heavy atom. The van der Waals surface area contributed by atoms with Crippen LogP contribution in [0.25, 0.3) is 0 Å². The molecule has 0 N–H and O–H groups in total. The van der Waals surface area contributed by atoms with Crippen LogP contribution in [-0.2, 0) is 15.9 Å². The fourth-order valence-corrected chi connectivity index (χ4v) is 2.80. The van der Waals surface area contributed by atoms with Crippen molar-refractivity contribution in [1.29, 1.82) is 0 Å². The predicted octanol–water partition coefficient (Wildman–Crippen LogP) is 3.35. The van der Waals surface area contributed by atoms with Gasteiger partial charge in [0.05, 0.1) is 5.92 Å². The van der Waals surface area contributed by atoms with Crippen LogP contribution >= 0.6 is 0 Å². The summed E-state index contributed by atoms with van der Waals surface area (Å²) in [6.07, 6.45) is 0.821. The summed E-state index contributed by atoms with van der Waals surface area (Å²) >= 11 is 0. The fraction of sp³-hybridized carbons (Fsp3) is 0.294. The molecule has 0 fully saturated rings. The molecule has 0 amide bonds. The number of para-hydroxylation sites is 1. The van der Waals surface area contributed by atoms with Crippen LogP contribution in [0.5, 0.6) is 5.75 Å². The van der Waals surface area contributed by atoms with Crippen LogP contribution < -0.4 is 4.74 Å². The first-order valence-corrected chi connectivity index (χ1v) is 6.71. The van der Waals surface area contributed by atoms with Crippen molar-refractivity contribution in [1.82, 2.24) is 0 Å². The molecule has 2 aromatic rings. The predicted molar refractivity (Wildman–Crippen MR) is 76.7 cm³/mol. The summed E-state index contributed by atoms with van der Waals surface area (Å²) < 4.78 is 17.3. The highest BCUT2D eigenvalue weighted by Crippen LogP contribution is 2.43. The maximum atomic E-state index is 6.04. The molecule has 1 aliphatic rings. The molecule has 3 heteroatoms. The molecule has 0 radical (unpaired) electrons. The summed E-state index contributed by atoms with van der Waals surface area (Å²) in [5.74, 6) is -0.257. The topological polar surface area (TPSA) is 27.7 Å². The van der Waals surface area contributed by atoms with E-state index in [0.29, 0.717) is 0 Å². The zero-order valence-corrected chi connectivity index (χ0v) is 11.7. The minimum absolute atomic E-state index is 0.00593. The summed E-state index contributed by atoms with van der Waals surface area (Å²) in [5, 5.41) is 0. The van der Waals surface area contributed by atoms with Crippen molar-refractivity contribution >= 4 is 0 Å². The number of hydrogen-bond acceptors (Lipinski definition) is 3. The van der Waals surface area contributed by atoms with Crippen molar-refractivity contribution in [3.63, 3.8) is 0 Å². The van der Waals surface area contributed by atoms with Crippen molar-refractivity contribution in [3.05, 3.63) is 65.7 Å². The van der Waals surface area contributed by atoms with Gasteiger partial charge in [-0.05, 0) is 23.6 Å². The van der Waals surface area contributed by atoms with E-state index in [9.17, 15) is 0 Å². The SMILES string of the molecule is COC1(OC)Oc2ccccc2CC1c1ccccc1. The largest absolute Gasteiger partial charge is 0.438 e. The molecule has 3 nitrogen and oxygen atoms in total. The summed E-state index contributed by atoms with van der Waals surface area (Å²) in [7, 11) is 3.24. The lowest BCUT2D eigenvalue weighted by Gasteiger charge is -2.41. The maximum Gasteiger partial charge on any atom is 0.334 e. The molecule has 1 unspecified atom stereocenters. The zero-order valence-electron chi connectivity index (χ0n) is 11.7. The molecule has 1 heterocycles. The average Bonchev–Trinajstić information content (AvgIpc) is 2.54. The molecule has 0 saturated carbocycles. The van der Waals surface area contributed by atoms with Gasteiger partial charge in [0.15, 0.2) is 0 Å². The molecule has 0 aliphatic carbocycles. The number of benzene rings is 2. The van der Waals surface area contributed by atoms with Crippen molar-refractivity contribution in [2.75, 3.05) is 14.2 Å².